The van der Waals surface area contributed by atoms with Gasteiger partial charge in [0, 0.05) is 0 Å². The van der Waals surface area contributed by atoms with Crippen LogP contribution in [0, 0.1) is 0 Å². The molecule has 0 aromatic carbocycles. The van der Waals surface area contributed by atoms with Gasteiger partial charge in [0.05, 0.1) is 18.2 Å². The van der Waals surface area contributed by atoms with Crippen molar-refractivity contribution in [1.29, 1.82) is 0 Å². The van der Waals surface area contributed by atoms with Gasteiger partial charge in [-0.1, -0.05) is 6.07 Å². The Morgan fingerprint density at radius 2 is 2.13 bits per heavy atom. The number of aromatic nitrogens is 1. The van der Waals surface area contributed by atoms with Crippen molar-refractivity contribution in [2.75, 3.05) is 5.73 Å². The van der Waals surface area contributed by atoms with Gasteiger partial charge < -0.3 is 21.7 Å². The second-order valence-electron chi connectivity index (χ2n) is 3.17. The Kier molecular flexibility index (Phi) is 3.59. The average Bonchev–Trinajstić information content (AvgIpc) is 2.15. The van der Waals surface area contributed by atoms with E-state index in [4.69, 9.17) is 11.5 Å². The number of anilines is 1. The molecule has 0 spiro atoms. The predicted octanol–water partition coefficient (Wildman–Crippen LogP) is -1.07. The van der Waals surface area contributed by atoms with Crippen molar-refractivity contribution in [2.45, 2.75) is 18.6 Å². The fraction of sp³-hybridized carbons (Fsp3) is 0.333. The van der Waals surface area contributed by atoms with Crippen molar-refractivity contribution in [3.63, 3.8) is 0 Å². The summed E-state index contributed by atoms with van der Waals surface area (Å²) in [5.41, 5.74) is 10.5. The van der Waals surface area contributed by atoms with E-state index in [1.807, 2.05) is 0 Å². The zero-order valence-electron chi connectivity index (χ0n) is 8.00. The summed E-state index contributed by atoms with van der Waals surface area (Å²) in [6.45, 7) is 0. The molecular formula is C9H13N3O3. The summed E-state index contributed by atoms with van der Waals surface area (Å²) in [6.07, 6.45) is -2.85. The lowest BCUT2D eigenvalue weighted by Crippen LogP contribution is -2.26. The van der Waals surface area contributed by atoms with Gasteiger partial charge in [-0.15, -0.1) is 0 Å². The molecule has 1 heterocycles. The molecule has 15 heavy (non-hydrogen) atoms. The van der Waals surface area contributed by atoms with Gasteiger partial charge in [0.1, 0.15) is 11.9 Å². The van der Waals surface area contributed by atoms with E-state index in [9.17, 15) is 15.0 Å². The van der Waals surface area contributed by atoms with Gasteiger partial charge in [0.25, 0.3) is 0 Å². The maximum atomic E-state index is 10.5. The molecule has 82 valence electrons. The third kappa shape index (κ3) is 3.19. The summed E-state index contributed by atoms with van der Waals surface area (Å²) in [5, 5.41) is 19.0. The van der Waals surface area contributed by atoms with Crippen LogP contribution in [-0.2, 0) is 4.79 Å². The molecule has 1 amide bonds. The molecule has 1 aromatic heterocycles. The number of carbonyl (C=O) groups is 1. The minimum absolute atomic E-state index is 0.212. The number of carbonyl (C=O) groups excluding carboxylic acids is 1. The molecular weight excluding hydrogens is 198 g/mol. The van der Waals surface area contributed by atoms with Gasteiger partial charge >= 0.3 is 0 Å². The Hall–Kier alpha value is -1.66. The zero-order chi connectivity index (χ0) is 11.4. The van der Waals surface area contributed by atoms with E-state index >= 15 is 0 Å². The van der Waals surface area contributed by atoms with Gasteiger partial charge in [-0.3, -0.25) is 4.79 Å². The van der Waals surface area contributed by atoms with Crippen LogP contribution in [0.5, 0.6) is 0 Å². The van der Waals surface area contributed by atoms with Crippen molar-refractivity contribution in [2.24, 2.45) is 5.73 Å². The van der Waals surface area contributed by atoms with Crippen LogP contribution in [0.25, 0.3) is 0 Å². The molecule has 0 bridgehead atoms. The molecule has 0 saturated heterocycles. The van der Waals surface area contributed by atoms with Gasteiger partial charge in [-0.05, 0) is 12.1 Å². The molecule has 6 nitrogen and oxygen atoms in total. The smallest absolute Gasteiger partial charge is 0.220 e. The molecule has 0 aliphatic carbocycles. The molecule has 0 aliphatic heterocycles. The van der Waals surface area contributed by atoms with E-state index in [-0.39, 0.29) is 17.9 Å². The van der Waals surface area contributed by atoms with Gasteiger partial charge in [-0.2, -0.15) is 0 Å². The van der Waals surface area contributed by atoms with Gasteiger partial charge in [0.2, 0.25) is 5.91 Å². The average molecular weight is 211 g/mol. The van der Waals surface area contributed by atoms with E-state index in [2.05, 4.69) is 4.98 Å². The van der Waals surface area contributed by atoms with Crippen LogP contribution in [0.1, 0.15) is 18.2 Å². The molecule has 1 rings (SSSR count). The maximum absolute atomic E-state index is 10.5. The Labute approximate surface area is 86.5 Å². The van der Waals surface area contributed by atoms with Crippen LogP contribution >= 0.6 is 0 Å². The number of hydrogen-bond donors (Lipinski definition) is 4. The van der Waals surface area contributed by atoms with Crippen LogP contribution in [0.4, 0.5) is 5.82 Å². The van der Waals surface area contributed by atoms with Crippen molar-refractivity contribution in [3.05, 3.63) is 23.9 Å². The highest BCUT2D eigenvalue weighted by Crippen LogP contribution is 2.17. The number of aliphatic hydroxyl groups excluding tert-OH is 2. The van der Waals surface area contributed by atoms with Crippen LogP contribution in [0.15, 0.2) is 18.2 Å². The first-order chi connectivity index (χ1) is 7.00. The van der Waals surface area contributed by atoms with E-state index in [1.165, 1.54) is 6.07 Å². The van der Waals surface area contributed by atoms with E-state index in [0.717, 1.165) is 0 Å². The van der Waals surface area contributed by atoms with Crippen LogP contribution in [-0.4, -0.2) is 27.2 Å². The molecule has 6 heteroatoms. The molecule has 2 unspecified atom stereocenters. The number of amides is 1. The quantitative estimate of drug-likeness (QED) is 0.505. The predicted molar refractivity (Wildman–Crippen MR) is 53.4 cm³/mol. The summed E-state index contributed by atoms with van der Waals surface area (Å²) in [4.78, 5) is 14.3. The van der Waals surface area contributed by atoms with Crippen LogP contribution in [0.2, 0.25) is 0 Å². The first-order valence-electron chi connectivity index (χ1n) is 4.37. The molecule has 6 N–H and O–H groups in total. The highest BCUT2D eigenvalue weighted by Gasteiger charge is 2.21. The number of nitrogen functional groups attached to an aromatic ring is 1. The summed E-state index contributed by atoms with van der Waals surface area (Å²) >= 11 is 0. The number of hydrogen-bond acceptors (Lipinski definition) is 5. The molecule has 2 atom stereocenters. The second kappa shape index (κ2) is 4.72. The largest absolute Gasteiger partial charge is 0.389 e. The Morgan fingerprint density at radius 3 is 2.67 bits per heavy atom. The first-order valence-corrected chi connectivity index (χ1v) is 4.37. The minimum Gasteiger partial charge on any atom is -0.389 e. The zero-order valence-corrected chi connectivity index (χ0v) is 8.00. The topological polar surface area (TPSA) is 122 Å². The third-order valence-electron chi connectivity index (χ3n) is 1.87. The highest BCUT2D eigenvalue weighted by atomic mass is 16.3. The summed E-state index contributed by atoms with van der Waals surface area (Å²) in [5.74, 6) is -0.455. The second-order valence-corrected chi connectivity index (χ2v) is 3.17. The third-order valence-corrected chi connectivity index (χ3v) is 1.87. The van der Waals surface area contributed by atoms with Gasteiger partial charge in [-0.25, -0.2) is 4.98 Å². The summed E-state index contributed by atoms with van der Waals surface area (Å²) in [7, 11) is 0. The normalized spacial score (nSPS) is 14.5. The van der Waals surface area contributed by atoms with Crippen LogP contribution < -0.4 is 11.5 Å². The van der Waals surface area contributed by atoms with Crippen molar-refractivity contribution < 1.29 is 15.0 Å². The molecule has 0 aliphatic rings. The summed E-state index contributed by atoms with van der Waals surface area (Å²) < 4.78 is 0. The Bertz CT molecular complexity index is 356. The molecule has 0 fully saturated rings. The number of rotatable bonds is 4. The van der Waals surface area contributed by atoms with Crippen molar-refractivity contribution in [1.82, 2.24) is 4.98 Å². The van der Waals surface area contributed by atoms with Gasteiger partial charge in [0.15, 0.2) is 0 Å². The Morgan fingerprint density at radius 1 is 1.47 bits per heavy atom. The molecule has 1 aromatic rings. The lowest BCUT2D eigenvalue weighted by Gasteiger charge is -2.15. The van der Waals surface area contributed by atoms with Crippen molar-refractivity contribution in [3.8, 4) is 0 Å². The van der Waals surface area contributed by atoms with Crippen LogP contribution in [0.3, 0.4) is 0 Å². The Balaban J connectivity index is 2.75. The fourth-order valence-electron chi connectivity index (χ4n) is 1.15. The molecule has 0 radical (unpaired) electrons. The number of pyridine rings is 1. The standard InChI is InChI=1S/C9H13N3O3/c10-7-3-1-2-5(12-7)9(15)6(13)4-8(11)14/h1-3,6,9,13,15H,4H2,(H2,10,12)(H2,11,14). The number of aliphatic hydroxyl groups is 2. The number of nitrogens with two attached hydrogens (primary N) is 2. The monoisotopic (exact) mass is 211 g/mol. The van der Waals surface area contributed by atoms with E-state index in [1.54, 1.807) is 12.1 Å². The first kappa shape index (κ1) is 11.4. The van der Waals surface area contributed by atoms with E-state index in [0.29, 0.717) is 0 Å². The number of primary amides is 1. The lowest BCUT2D eigenvalue weighted by atomic mass is 10.1. The minimum atomic E-state index is -1.27. The fourth-order valence-corrected chi connectivity index (χ4v) is 1.15. The van der Waals surface area contributed by atoms with E-state index < -0.39 is 18.1 Å². The molecule has 0 saturated carbocycles. The highest BCUT2D eigenvalue weighted by molar-refractivity contribution is 5.74. The van der Waals surface area contributed by atoms with Crippen molar-refractivity contribution >= 4 is 11.7 Å². The summed E-state index contributed by atoms with van der Waals surface area (Å²) in [6, 6.07) is 4.65. The SMILES string of the molecule is NC(=O)CC(O)C(O)c1cccc(N)n1. The maximum Gasteiger partial charge on any atom is 0.220 e. The lowest BCUT2D eigenvalue weighted by molar-refractivity contribution is -0.121. The number of nitrogens with zero attached hydrogens (tertiary/aromatic N) is 1.